The van der Waals surface area contributed by atoms with Crippen molar-refractivity contribution in [3.63, 3.8) is 0 Å². The van der Waals surface area contributed by atoms with Gasteiger partial charge in [0.05, 0.1) is 0 Å². The molecule has 2 saturated heterocycles. The summed E-state index contributed by atoms with van der Waals surface area (Å²) in [5.74, 6) is -1.20. The molecule has 0 aromatic heterocycles. The van der Waals surface area contributed by atoms with Crippen LogP contribution in [0.4, 0.5) is 13.2 Å². The zero-order valence-electron chi connectivity index (χ0n) is 12.9. The molecule has 2 fully saturated rings. The highest BCUT2D eigenvalue weighted by molar-refractivity contribution is 5.88. The molecular weight excluding hydrogens is 311 g/mol. The lowest BCUT2D eigenvalue weighted by molar-refractivity contribution is -0.154. The van der Waals surface area contributed by atoms with E-state index in [2.05, 4.69) is 10.2 Å². The second-order valence-electron chi connectivity index (χ2n) is 6.04. The van der Waals surface area contributed by atoms with Gasteiger partial charge in [-0.2, -0.15) is 13.2 Å². The number of halogens is 3. The van der Waals surface area contributed by atoms with Gasteiger partial charge in [0.25, 0.3) is 0 Å². The molecule has 1 atom stereocenters. The summed E-state index contributed by atoms with van der Waals surface area (Å²) in [7, 11) is 0. The number of alkyl halides is 3. The van der Waals surface area contributed by atoms with Crippen LogP contribution in [0.2, 0.25) is 0 Å². The molecule has 0 aliphatic carbocycles. The maximum Gasteiger partial charge on any atom is 0.397 e. The standard InChI is InChI=1S/C15H22F3N3O2/c16-15(17,18)10-13(22)19-12-5-9-21(11-12)14(23)4-3-8-20-6-1-2-7-20/h3-4,12H,1-2,5-11H2,(H,19,22)/b4-3+. The first kappa shape index (κ1) is 17.8. The predicted octanol–water partition coefficient (Wildman–Crippen LogP) is 1.31. The van der Waals surface area contributed by atoms with Crippen LogP contribution in [0.5, 0.6) is 0 Å². The molecule has 2 amide bonds. The molecule has 2 heterocycles. The van der Waals surface area contributed by atoms with Gasteiger partial charge in [-0.15, -0.1) is 0 Å². The number of nitrogens with zero attached hydrogens (tertiary/aromatic N) is 2. The van der Waals surface area contributed by atoms with E-state index in [-0.39, 0.29) is 12.5 Å². The van der Waals surface area contributed by atoms with Gasteiger partial charge in [0, 0.05) is 31.8 Å². The van der Waals surface area contributed by atoms with Gasteiger partial charge in [0.15, 0.2) is 0 Å². The lowest BCUT2D eigenvalue weighted by atomic mass is 10.2. The van der Waals surface area contributed by atoms with Crippen molar-refractivity contribution in [3.05, 3.63) is 12.2 Å². The molecule has 0 aromatic rings. The largest absolute Gasteiger partial charge is 0.397 e. The normalized spacial score (nSPS) is 22.9. The highest BCUT2D eigenvalue weighted by atomic mass is 19.4. The van der Waals surface area contributed by atoms with Crippen LogP contribution < -0.4 is 5.32 Å². The number of nitrogens with one attached hydrogen (secondary N) is 1. The van der Waals surface area contributed by atoms with E-state index in [9.17, 15) is 22.8 Å². The van der Waals surface area contributed by atoms with Gasteiger partial charge in [-0.3, -0.25) is 14.5 Å². The Morgan fingerprint density at radius 3 is 2.52 bits per heavy atom. The predicted molar refractivity (Wildman–Crippen MR) is 78.6 cm³/mol. The maximum absolute atomic E-state index is 12.1. The van der Waals surface area contributed by atoms with E-state index in [0.717, 1.165) is 19.6 Å². The number of hydrogen-bond donors (Lipinski definition) is 1. The summed E-state index contributed by atoms with van der Waals surface area (Å²) in [5, 5.41) is 2.34. The molecule has 2 aliphatic rings. The van der Waals surface area contributed by atoms with Crippen molar-refractivity contribution in [1.29, 1.82) is 0 Å². The van der Waals surface area contributed by atoms with Crippen LogP contribution in [-0.2, 0) is 9.59 Å². The van der Waals surface area contributed by atoms with Gasteiger partial charge >= 0.3 is 6.18 Å². The summed E-state index contributed by atoms with van der Waals surface area (Å²) >= 11 is 0. The molecule has 0 bridgehead atoms. The van der Waals surface area contributed by atoms with Crippen LogP contribution in [0, 0.1) is 0 Å². The molecule has 130 valence electrons. The molecule has 0 aromatic carbocycles. The molecule has 23 heavy (non-hydrogen) atoms. The first-order valence-corrected chi connectivity index (χ1v) is 7.87. The first-order valence-electron chi connectivity index (χ1n) is 7.87. The van der Waals surface area contributed by atoms with E-state index >= 15 is 0 Å². The monoisotopic (exact) mass is 333 g/mol. The summed E-state index contributed by atoms with van der Waals surface area (Å²) in [5.41, 5.74) is 0. The zero-order chi connectivity index (χ0) is 16.9. The average molecular weight is 333 g/mol. The highest BCUT2D eigenvalue weighted by Gasteiger charge is 2.33. The molecule has 2 rings (SSSR count). The lowest BCUT2D eigenvalue weighted by Gasteiger charge is -2.16. The van der Waals surface area contributed by atoms with Crippen molar-refractivity contribution >= 4 is 11.8 Å². The summed E-state index contributed by atoms with van der Waals surface area (Å²) in [4.78, 5) is 27.1. The number of amides is 2. The lowest BCUT2D eigenvalue weighted by Crippen LogP contribution is -2.39. The Bertz CT molecular complexity index is 459. The minimum absolute atomic E-state index is 0.156. The smallest absolute Gasteiger partial charge is 0.351 e. The van der Waals surface area contributed by atoms with Gasteiger partial charge in [-0.05, 0) is 32.4 Å². The Kier molecular flexibility index (Phi) is 6.04. The fraction of sp³-hybridized carbons (Fsp3) is 0.733. The van der Waals surface area contributed by atoms with Gasteiger partial charge in [0.2, 0.25) is 11.8 Å². The van der Waals surface area contributed by atoms with Gasteiger partial charge < -0.3 is 10.2 Å². The molecule has 2 aliphatic heterocycles. The minimum atomic E-state index is -4.50. The number of carbonyl (C=O) groups excluding carboxylic acids is 2. The van der Waals surface area contributed by atoms with E-state index in [1.807, 2.05) is 6.08 Å². The first-order chi connectivity index (χ1) is 10.8. The van der Waals surface area contributed by atoms with Crippen molar-refractivity contribution in [2.24, 2.45) is 0 Å². The third-order valence-corrected chi connectivity index (χ3v) is 4.05. The Balaban J connectivity index is 1.70. The molecule has 1 N–H and O–H groups in total. The number of rotatable bonds is 5. The Morgan fingerprint density at radius 1 is 1.17 bits per heavy atom. The van der Waals surface area contributed by atoms with Crippen LogP contribution in [0.3, 0.4) is 0 Å². The topological polar surface area (TPSA) is 52.7 Å². The van der Waals surface area contributed by atoms with E-state index in [0.29, 0.717) is 13.0 Å². The maximum atomic E-state index is 12.1. The molecule has 0 spiro atoms. The molecule has 8 heteroatoms. The van der Waals surface area contributed by atoms with Crippen molar-refractivity contribution in [1.82, 2.24) is 15.1 Å². The van der Waals surface area contributed by atoms with E-state index in [4.69, 9.17) is 0 Å². The quantitative estimate of drug-likeness (QED) is 0.772. The van der Waals surface area contributed by atoms with Gasteiger partial charge in [-0.25, -0.2) is 0 Å². The summed E-state index contributed by atoms with van der Waals surface area (Å²) in [6.45, 7) is 3.55. The van der Waals surface area contributed by atoms with E-state index in [1.165, 1.54) is 18.9 Å². The summed E-state index contributed by atoms with van der Waals surface area (Å²) in [6, 6.07) is -0.402. The molecule has 0 radical (unpaired) electrons. The number of hydrogen-bond acceptors (Lipinski definition) is 3. The Labute approximate surface area is 133 Å². The van der Waals surface area contributed by atoms with Crippen LogP contribution >= 0.6 is 0 Å². The summed E-state index contributed by atoms with van der Waals surface area (Å²) < 4.78 is 36.3. The molecule has 5 nitrogen and oxygen atoms in total. The fourth-order valence-corrected chi connectivity index (χ4v) is 2.91. The Hall–Kier alpha value is -1.57. The number of likely N-dealkylation sites (tertiary alicyclic amines) is 2. The molecule has 1 unspecified atom stereocenters. The van der Waals surface area contributed by atoms with Crippen molar-refractivity contribution in [2.75, 3.05) is 32.7 Å². The van der Waals surface area contributed by atoms with Gasteiger partial charge in [0.1, 0.15) is 6.42 Å². The van der Waals surface area contributed by atoms with E-state index in [1.54, 1.807) is 4.90 Å². The third kappa shape index (κ3) is 6.21. The van der Waals surface area contributed by atoms with Crippen LogP contribution in [0.1, 0.15) is 25.7 Å². The van der Waals surface area contributed by atoms with Crippen LogP contribution in [-0.4, -0.2) is 66.6 Å². The van der Waals surface area contributed by atoms with Crippen LogP contribution in [0.15, 0.2) is 12.2 Å². The van der Waals surface area contributed by atoms with Crippen molar-refractivity contribution < 1.29 is 22.8 Å². The summed E-state index contributed by atoms with van der Waals surface area (Å²) in [6.07, 6.45) is 0.209. The SMILES string of the molecule is O=C(CC(F)(F)F)NC1CCN(C(=O)/C=C/CN2CCCC2)C1. The minimum Gasteiger partial charge on any atom is -0.351 e. The second-order valence-corrected chi connectivity index (χ2v) is 6.04. The second kappa shape index (κ2) is 7.81. The zero-order valence-corrected chi connectivity index (χ0v) is 12.9. The van der Waals surface area contributed by atoms with Crippen LogP contribution in [0.25, 0.3) is 0 Å². The van der Waals surface area contributed by atoms with Crippen molar-refractivity contribution in [2.45, 2.75) is 37.9 Å². The van der Waals surface area contributed by atoms with Gasteiger partial charge in [-0.1, -0.05) is 6.08 Å². The van der Waals surface area contributed by atoms with Crippen molar-refractivity contribution in [3.8, 4) is 0 Å². The molecule has 0 saturated carbocycles. The van der Waals surface area contributed by atoms with E-state index < -0.39 is 24.5 Å². The fourth-order valence-electron chi connectivity index (χ4n) is 2.91. The average Bonchev–Trinajstić information content (AvgIpc) is 3.07. The molecular formula is C15H22F3N3O2. The highest BCUT2D eigenvalue weighted by Crippen LogP contribution is 2.19. The third-order valence-electron chi connectivity index (χ3n) is 4.05. The number of carbonyl (C=O) groups is 2. The Morgan fingerprint density at radius 2 is 1.87 bits per heavy atom.